The molecule has 1 aromatic carbocycles. The highest BCUT2D eigenvalue weighted by atomic mass is 32.1. The van der Waals surface area contributed by atoms with Gasteiger partial charge in [-0.1, -0.05) is 12.2 Å². The number of esters is 1. The van der Waals surface area contributed by atoms with Gasteiger partial charge in [0.15, 0.2) is 11.7 Å². The van der Waals surface area contributed by atoms with Gasteiger partial charge >= 0.3 is 5.97 Å². The quantitative estimate of drug-likeness (QED) is 0.651. The van der Waals surface area contributed by atoms with Crippen molar-refractivity contribution in [3.63, 3.8) is 0 Å². The number of hydrogen-bond donors (Lipinski definition) is 1. The Hall–Kier alpha value is -2.54. The summed E-state index contributed by atoms with van der Waals surface area (Å²) in [5.41, 5.74) is 1.40. The van der Waals surface area contributed by atoms with Crippen LogP contribution in [-0.2, 0) is 14.3 Å². The minimum absolute atomic E-state index is 0.164. The Labute approximate surface area is 148 Å². The minimum atomic E-state index is -0.431. The number of aromatic nitrogens is 1. The van der Waals surface area contributed by atoms with Gasteiger partial charge in [0.05, 0.1) is 11.6 Å². The molecule has 1 N–H and O–H groups in total. The van der Waals surface area contributed by atoms with Gasteiger partial charge in [-0.2, -0.15) is 0 Å². The van der Waals surface area contributed by atoms with Crippen LogP contribution in [0.25, 0.3) is 11.3 Å². The zero-order valence-electron chi connectivity index (χ0n) is 13.4. The molecule has 1 heterocycles. The molecule has 7 heteroatoms. The summed E-state index contributed by atoms with van der Waals surface area (Å²) in [6, 6.07) is 5.95. The Bertz CT molecular complexity index is 786. The van der Waals surface area contributed by atoms with Gasteiger partial charge in [0.25, 0.3) is 5.91 Å². The molecule has 1 atom stereocenters. The molecular weight excluding hydrogens is 343 g/mol. The fraction of sp³-hybridized carbons (Fsp3) is 0.278. The number of anilines is 1. The summed E-state index contributed by atoms with van der Waals surface area (Å²) in [6.07, 6.45) is 6.27. The van der Waals surface area contributed by atoms with E-state index in [0.29, 0.717) is 17.2 Å². The van der Waals surface area contributed by atoms with E-state index in [1.54, 1.807) is 17.5 Å². The number of nitrogens with zero attached hydrogens (tertiary/aromatic N) is 1. The summed E-state index contributed by atoms with van der Waals surface area (Å²) in [6.45, 7) is -0.329. The minimum Gasteiger partial charge on any atom is -0.455 e. The van der Waals surface area contributed by atoms with E-state index in [2.05, 4.69) is 10.3 Å². The lowest BCUT2D eigenvalue weighted by molar-refractivity contribution is -0.151. The second kappa shape index (κ2) is 8.02. The SMILES string of the molecule is O=C(COC(=O)[C@@H]1CC=CCC1)Nc1nc(-c2ccc(F)cc2)cs1. The molecule has 0 radical (unpaired) electrons. The van der Waals surface area contributed by atoms with E-state index in [-0.39, 0.29) is 24.3 Å². The molecule has 0 saturated carbocycles. The molecule has 0 unspecified atom stereocenters. The third-order valence-corrected chi connectivity index (χ3v) is 4.60. The molecule has 0 aliphatic heterocycles. The zero-order chi connectivity index (χ0) is 17.6. The molecule has 1 amide bonds. The van der Waals surface area contributed by atoms with E-state index in [1.807, 2.05) is 12.2 Å². The molecule has 25 heavy (non-hydrogen) atoms. The first-order valence-electron chi connectivity index (χ1n) is 7.95. The van der Waals surface area contributed by atoms with Crippen LogP contribution in [0.15, 0.2) is 41.8 Å². The molecule has 1 aliphatic rings. The van der Waals surface area contributed by atoms with Crippen LogP contribution < -0.4 is 5.32 Å². The first kappa shape index (κ1) is 17.3. The highest BCUT2D eigenvalue weighted by Crippen LogP contribution is 2.25. The number of halogens is 1. The second-order valence-electron chi connectivity index (χ2n) is 5.68. The van der Waals surface area contributed by atoms with Crippen LogP contribution in [-0.4, -0.2) is 23.5 Å². The summed E-state index contributed by atoms with van der Waals surface area (Å²) in [5, 5.41) is 4.78. The molecule has 1 aliphatic carbocycles. The number of carbonyl (C=O) groups excluding carboxylic acids is 2. The van der Waals surface area contributed by atoms with Gasteiger partial charge in [-0.25, -0.2) is 9.37 Å². The fourth-order valence-corrected chi connectivity index (χ4v) is 3.24. The summed E-state index contributed by atoms with van der Waals surface area (Å²) in [5.74, 6) is -1.25. The monoisotopic (exact) mass is 360 g/mol. The average molecular weight is 360 g/mol. The van der Waals surface area contributed by atoms with Gasteiger partial charge in [-0.3, -0.25) is 14.9 Å². The number of carbonyl (C=O) groups is 2. The summed E-state index contributed by atoms with van der Waals surface area (Å²) < 4.78 is 18.0. The van der Waals surface area contributed by atoms with Gasteiger partial charge in [0, 0.05) is 10.9 Å². The molecule has 0 bridgehead atoms. The lowest BCUT2D eigenvalue weighted by Gasteiger charge is -2.15. The smallest absolute Gasteiger partial charge is 0.309 e. The number of benzene rings is 1. The predicted molar refractivity (Wildman–Crippen MR) is 93.6 cm³/mol. The largest absolute Gasteiger partial charge is 0.455 e. The van der Waals surface area contributed by atoms with Gasteiger partial charge in [0.2, 0.25) is 0 Å². The summed E-state index contributed by atoms with van der Waals surface area (Å²) in [4.78, 5) is 28.1. The van der Waals surface area contributed by atoms with Gasteiger partial charge in [-0.05, 0) is 43.5 Å². The standard InChI is InChI=1S/C18H17FN2O3S/c19-14-8-6-12(7-9-14)15-11-25-18(20-15)21-16(22)10-24-17(23)13-4-2-1-3-5-13/h1-2,6-9,11,13H,3-5,10H2,(H,20,21,22)/t13-/m1/s1. The van der Waals surface area contributed by atoms with Crippen LogP contribution in [0.3, 0.4) is 0 Å². The van der Waals surface area contributed by atoms with E-state index in [0.717, 1.165) is 18.4 Å². The number of amides is 1. The van der Waals surface area contributed by atoms with Crippen molar-refractivity contribution in [2.75, 3.05) is 11.9 Å². The zero-order valence-corrected chi connectivity index (χ0v) is 14.2. The van der Waals surface area contributed by atoms with Crippen LogP contribution >= 0.6 is 11.3 Å². The topological polar surface area (TPSA) is 68.3 Å². The van der Waals surface area contributed by atoms with Crippen molar-refractivity contribution in [3.05, 3.63) is 47.6 Å². The number of nitrogens with one attached hydrogen (secondary N) is 1. The number of ether oxygens (including phenoxy) is 1. The molecule has 3 rings (SSSR count). The molecule has 130 valence electrons. The highest BCUT2D eigenvalue weighted by molar-refractivity contribution is 7.14. The third kappa shape index (κ3) is 4.73. The van der Waals surface area contributed by atoms with Crippen molar-refractivity contribution in [2.45, 2.75) is 19.3 Å². The van der Waals surface area contributed by atoms with Crippen LogP contribution in [0, 0.1) is 11.7 Å². The Morgan fingerprint density at radius 1 is 1.28 bits per heavy atom. The molecule has 2 aromatic rings. The Morgan fingerprint density at radius 2 is 2.08 bits per heavy atom. The Balaban J connectivity index is 1.50. The van der Waals surface area contributed by atoms with E-state index in [1.165, 1.54) is 23.5 Å². The van der Waals surface area contributed by atoms with E-state index < -0.39 is 5.91 Å². The number of rotatable bonds is 5. The maximum absolute atomic E-state index is 12.9. The molecular formula is C18H17FN2O3S. The van der Waals surface area contributed by atoms with E-state index in [9.17, 15) is 14.0 Å². The van der Waals surface area contributed by atoms with Crippen molar-refractivity contribution in [1.29, 1.82) is 0 Å². The first-order chi connectivity index (χ1) is 12.1. The van der Waals surface area contributed by atoms with E-state index >= 15 is 0 Å². The second-order valence-corrected chi connectivity index (χ2v) is 6.54. The number of allylic oxidation sites excluding steroid dienone is 2. The van der Waals surface area contributed by atoms with Gasteiger partial charge < -0.3 is 4.74 Å². The lowest BCUT2D eigenvalue weighted by Crippen LogP contribution is -2.25. The number of hydrogen-bond acceptors (Lipinski definition) is 5. The summed E-state index contributed by atoms with van der Waals surface area (Å²) >= 11 is 1.25. The normalized spacial score (nSPS) is 16.4. The van der Waals surface area contributed by atoms with Crippen molar-refractivity contribution in [1.82, 2.24) is 4.98 Å². The maximum Gasteiger partial charge on any atom is 0.309 e. The first-order valence-corrected chi connectivity index (χ1v) is 8.83. The molecule has 1 aromatic heterocycles. The average Bonchev–Trinajstić information content (AvgIpc) is 3.09. The van der Waals surface area contributed by atoms with Crippen LogP contribution in [0.1, 0.15) is 19.3 Å². The third-order valence-electron chi connectivity index (χ3n) is 3.84. The lowest BCUT2D eigenvalue weighted by atomic mass is 9.95. The number of thiazole rings is 1. The van der Waals surface area contributed by atoms with Gasteiger partial charge in [0.1, 0.15) is 5.82 Å². The molecule has 5 nitrogen and oxygen atoms in total. The fourth-order valence-electron chi connectivity index (χ4n) is 2.50. The van der Waals surface area contributed by atoms with Crippen LogP contribution in [0.5, 0.6) is 0 Å². The molecule has 0 fully saturated rings. The predicted octanol–water partition coefficient (Wildman–Crippen LogP) is 3.79. The van der Waals surface area contributed by atoms with Crippen molar-refractivity contribution < 1.29 is 18.7 Å². The Kier molecular flexibility index (Phi) is 5.55. The summed E-state index contributed by atoms with van der Waals surface area (Å²) in [7, 11) is 0. The van der Waals surface area contributed by atoms with Crippen molar-refractivity contribution >= 4 is 28.3 Å². The van der Waals surface area contributed by atoms with Crippen LogP contribution in [0.2, 0.25) is 0 Å². The van der Waals surface area contributed by atoms with Crippen molar-refractivity contribution in [2.24, 2.45) is 5.92 Å². The van der Waals surface area contributed by atoms with E-state index in [4.69, 9.17) is 4.74 Å². The highest BCUT2D eigenvalue weighted by Gasteiger charge is 2.21. The molecule has 0 spiro atoms. The Morgan fingerprint density at radius 3 is 2.80 bits per heavy atom. The maximum atomic E-state index is 12.9. The van der Waals surface area contributed by atoms with Crippen molar-refractivity contribution in [3.8, 4) is 11.3 Å². The van der Waals surface area contributed by atoms with Gasteiger partial charge in [-0.15, -0.1) is 11.3 Å². The van der Waals surface area contributed by atoms with Crippen LogP contribution in [0.4, 0.5) is 9.52 Å². The molecule has 0 saturated heterocycles.